The first kappa shape index (κ1) is 22.3. The molecule has 2 aliphatic heterocycles. The summed E-state index contributed by atoms with van der Waals surface area (Å²) in [5.74, 6) is 0.220. The monoisotopic (exact) mass is 439 g/mol. The fraction of sp³-hybridized carbons (Fsp3) is 0.500. The van der Waals surface area contributed by atoms with E-state index in [1.54, 1.807) is 0 Å². The van der Waals surface area contributed by atoms with E-state index in [0.29, 0.717) is 6.54 Å². The van der Waals surface area contributed by atoms with E-state index in [-0.39, 0.29) is 11.8 Å². The quantitative estimate of drug-likeness (QED) is 0.669. The van der Waals surface area contributed by atoms with Crippen molar-refractivity contribution >= 4 is 17.5 Å². The third-order valence-corrected chi connectivity index (χ3v) is 6.91. The molecule has 0 spiro atoms. The second-order valence-corrected chi connectivity index (χ2v) is 9.45. The molecule has 31 heavy (non-hydrogen) atoms. The summed E-state index contributed by atoms with van der Waals surface area (Å²) in [5, 5.41) is 3.99. The Kier molecular flexibility index (Phi) is 8.01. The Labute approximate surface area is 191 Å². The van der Waals surface area contributed by atoms with Crippen LogP contribution in [0.15, 0.2) is 48.5 Å². The van der Waals surface area contributed by atoms with E-state index in [9.17, 15) is 4.79 Å². The van der Waals surface area contributed by atoms with Gasteiger partial charge >= 0.3 is 0 Å². The number of hydrogen-bond donors (Lipinski definition) is 1. The number of amides is 1. The van der Waals surface area contributed by atoms with Gasteiger partial charge in [0.15, 0.2) is 0 Å². The lowest BCUT2D eigenvalue weighted by molar-refractivity contribution is -0.126. The van der Waals surface area contributed by atoms with Gasteiger partial charge in [-0.15, -0.1) is 0 Å². The summed E-state index contributed by atoms with van der Waals surface area (Å²) in [6, 6.07) is 16.7. The van der Waals surface area contributed by atoms with Gasteiger partial charge in [-0.3, -0.25) is 14.6 Å². The van der Waals surface area contributed by atoms with Crippen molar-refractivity contribution in [3.05, 3.63) is 70.2 Å². The summed E-state index contributed by atoms with van der Waals surface area (Å²) in [5.41, 5.74) is 3.67. The molecule has 2 saturated heterocycles. The van der Waals surface area contributed by atoms with E-state index in [2.05, 4.69) is 45.4 Å². The summed E-state index contributed by atoms with van der Waals surface area (Å²) < 4.78 is 0. The number of piperidine rings is 2. The molecule has 2 heterocycles. The molecular formula is C26H34ClN3O. The highest BCUT2D eigenvalue weighted by atomic mass is 35.5. The van der Waals surface area contributed by atoms with Crippen molar-refractivity contribution < 1.29 is 4.79 Å². The first-order valence-electron chi connectivity index (χ1n) is 11.7. The number of nitrogens with zero attached hydrogens (tertiary/aromatic N) is 2. The van der Waals surface area contributed by atoms with E-state index in [1.807, 2.05) is 18.2 Å². The number of carbonyl (C=O) groups is 1. The van der Waals surface area contributed by atoms with Gasteiger partial charge in [-0.05, 0) is 68.1 Å². The maximum absolute atomic E-state index is 12.9. The molecule has 4 rings (SSSR count). The molecule has 1 N–H and O–H groups in total. The topological polar surface area (TPSA) is 35.6 Å². The van der Waals surface area contributed by atoms with Gasteiger partial charge in [0, 0.05) is 31.2 Å². The smallest absolute Gasteiger partial charge is 0.224 e. The molecule has 2 aromatic rings. The lowest BCUT2D eigenvalue weighted by Gasteiger charge is -2.32. The molecule has 0 bridgehead atoms. The highest BCUT2D eigenvalue weighted by molar-refractivity contribution is 6.31. The zero-order valence-electron chi connectivity index (χ0n) is 18.4. The van der Waals surface area contributed by atoms with Crippen molar-refractivity contribution in [1.29, 1.82) is 0 Å². The summed E-state index contributed by atoms with van der Waals surface area (Å²) in [6.07, 6.45) is 5.99. The molecule has 0 aliphatic carbocycles. The van der Waals surface area contributed by atoms with Crippen LogP contribution in [0.1, 0.15) is 48.8 Å². The lowest BCUT2D eigenvalue weighted by atomic mass is 9.96. The Morgan fingerprint density at radius 2 is 1.68 bits per heavy atom. The summed E-state index contributed by atoms with van der Waals surface area (Å²) in [4.78, 5) is 17.8. The van der Waals surface area contributed by atoms with Crippen LogP contribution in [0, 0.1) is 5.92 Å². The van der Waals surface area contributed by atoms with Crippen LogP contribution in [-0.2, 0) is 24.4 Å². The molecule has 4 nitrogen and oxygen atoms in total. The number of rotatable bonds is 7. The SMILES string of the molecule is O=C(NCc1cccc(CN2CCCCC2)c1)[C@@H]1CCCN(Cc2ccccc2Cl)C1. The molecule has 0 saturated carbocycles. The molecule has 166 valence electrons. The van der Waals surface area contributed by atoms with E-state index in [4.69, 9.17) is 11.6 Å². The van der Waals surface area contributed by atoms with Crippen LogP contribution in [0.4, 0.5) is 0 Å². The zero-order chi connectivity index (χ0) is 21.5. The largest absolute Gasteiger partial charge is 0.352 e. The molecule has 0 aromatic heterocycles. The van der Waals surface area contributed by atoms with Gasteiger partial charge < -0.3 is 5.32 Å². The first-order valence-corrected chi connectivity index (χ1v) is 12.1. The second kappa shape index (κ2) is 11.1. The second-order valence-electron chi connectivity index (χ2n) is 9.04. The van der Waals surface area contributed by atoms with Gasteiger partial charge in [0.2, 0.25) is 5.91 Å². The predicted molar refractivity (Wildman–Crippen MR) is 127 cm³/mol. The van der Waals surface area contributed by atoms with Crippen LogP contribution < -0.4 is 5.32 Å². The normalized spacial score (nSPS) is 20.5. The van der Waals surface area contributed by atoms with Gasteiger partial charge in [0.05, 0.1) is 5.92 Å². The van der Waals surface area contributed by atoms with Crippen LogP contribution in [0.3, 0.4) is 0 Å². The molecule has 2 aromatic carbocycles. The van der Waals surface area contributed by atoms with E-state index in [0.717, 1.165) is 49.6 Å². The Balaban J connectivity index is 1.27. The highest BCUT2D eigenvalue weighted by Gasteiger charge is 2.26. The van der Waals surface area contributed by atoms with Crippen LogP contribution in [0.2, 0.25) is 5.02 Å². The van der Waals surface area contributed by atoms with Gasteiger partial charge in [-0.25, -0.2) is 0 Å². The number of nitrogens with one attached hydrogen (secondary N) is 1. The van der Waals surface area contributed by atoms with Gasteiger partial charge in [-0.1, -0.05) is 60.5 Å². The Hall–Kier alpha value is -1.88. The maximum atomic E-state index is 12.9. The molecule has 0 unspecified atom stereocenters. The van der Waals surface area contributed by atoms with Gasteiger partial charge in [-0.2, -0.15) is 0 Å². The number of halogens is 1. The van der Waals surface area contributed by atoms with Crippen LogP contribution in [-0.4, -0.2) is 41.9 Å². The van der Waals surface area contributed by atoms with Crippen molar-refractivity contribution in [1.82, 2.24) is 15.1 Å². The number of likely N-dealkylation sites (tertiary alicyclic amines) is 2. The van der Waals surface area contributed by atoms with E-state index >= 15 is 0 Å². The van der Waals surface area contributed by atoms with Crippen LogP contribution >= 0.6 is 11.6 Å². The fourth-order valence-corrected chi connectivity index (χ4v) is 5.02. The zero-order valence-corrected chi connectivity index (χ0v) is 19.1. The minimum absolute atomic E-state index is 0.0489. The van der Waals surface area contributed by atoms with Crippen molar-refractivity contribution in [2.75, 3.05) is 26.2 Å². The minimum Gasteiger partial charge on any atom is -0.352 e. The highest BCUT2D eigenvalue weighted by Crippen LogP contribution is 2.22. The molecule has 5 heteroatoms. The Morgan fingerprint density at radius 3 is 2.52 bits per heavy atom. The molecule has 1 atom stereocenters. The van der Waals surface area contributed by atoms with Crippen molar-refractivity contribution in [3.8, 4) is 0 Å². The Bertz CT molecular complexity index is 865. The van der Waals surface area contributed by atoms with Crippen molar-refractivity contribution in [2.24, 2.45) is 5.92 Å². The maximum Gasteiger partial charge on any atom is 0.224 e. The number of benzene rings is 2. The average molecular weight is 440 g/mol. The number of carbonyl (C=O) groups excluding carboxylic acids is 1. The van der Waals surface area contributed by atoms with E-state index < -0.39 is 0 Å². The van der Waals surface area contributed by atoms with Crippen LogP contribution in [0.25, 0.3) is 0 Å². The minimum atomic E-state index is 0.0489. The van der Waals surface area contributed by atoms with Gasteiger partial charge in [0.25, 0.3) is 0 Å². The number of hydrogen-bond acceptors (Lipinski definition) is 3. The third kappa shape index (κ3) is 6.55. The summed E-state index contributed by atoms with van der Waals surface area (Å²) >= 11 is 6.33. The molecule has 1 amide bonds. The first-order chi connectivity index (χ1) is 15.2. The van der Waals surface area contributed by atoms with Crippen LogP contribution in [0.5, 0.6) is 0 Å². The standard InChI is InChI=1S/C26H34ClN3O/c27-25-12-3-2-10-23(25)19-30-15-7-11-24(20-30)26(31)28-17-21-8-6-9-22(16-21)18-29-13-4-1-5-14-29/h2-3,6,8-10,12,16,24H,1,4-5,7,11,13-15,17-20H2,(H,28,31)/t24-/m1/s1. The molecule has 2 aliphatic rings. The fourth-order valence-electron chi connectivity index (χ4n) is 4.83. The third-order valence-electron chi connectivity index (χ3n) is 6.54. The van der Waals surface area contributed by atoms with Crippen molar-refractivity contribution in [3.63, 3.8) is 0 Å². The summed E-state index contributed by atoms with van der Waals surface area (Å²) in [6.45, 7) is 6.65. The Morgan fingerprint density at radius 1 is 0.903 bits per heavy atom. The van der Waals surface area contributed by atoms with E-state index in [1.165, 1.54) is 43.5 Å². The van der Waals surface area contributed by atoms with Crippen molar-refractivity contribution in [2.45, 2.75) is 51.7 Å². The van der Waals surface area contributed by atoms with Gasteiger partial charge in [0.1, 0.15) is 0 Å². The lowest BCUT2D eigenvalue weighted by Crippen LogP contribution is -2.42. The molecular weight excluding hydrogens is 406 g/mol. The molecule has 0 radical (unpaired) electrons. The summed E-state index contributed by atoms with van der Waals surface area (Å²) in [7, 11) is 0. The average Bonchev–Trinajstić information content (AvgIpc) is 2.80. The predicted octanol–water partition coefficient (Wildman–Crippen LogP) is 4.85. The molecule has 2 fully saturated rings.